The molecule has 0 spiro atoms. The van der Waals surface area contributed by atoms with Gasteiger partial charge in [0.1, 0.15) is 46.0 Å². The minimum Gasteiger partial charge on any atom is -0.496 e. The highest BCUT2D eigenvalue weighted by molar-refractivity contribution is 7.96. The summed E-state index contributed by atoms with van der Waals surface area (Å²) in [5.74, 6) is 11.0. The average Bonchev–Trinajstić information content (AvgIpc) is 3.34. The highest BCUT2D eigenvalue weighted by atomic mass is 32.2. The van der Waals surface area contributed by atoms with Crippen LogP contribution < -0.4 is 9.47 Å². The zero-order chi connectivity index (χ0) is 19.1. The number of hydrogen-bond acceptors (Lipinski definition) is 2. The lowest BCUT2D eigenvalue weighted by molar-refractivity contribution is 0.295. The first-order valence-corrected chi connectivity index (χ1v) is 14.2. The van der Waals surface area contributed by atoms with Crippen LogP contribution in [0.1, 0.15) is 63.5 Å². The van der Waals surface area contributed by atoms with Crippen molar-refractivity contribution in [3.63, 3.8) is 0 Å². The molecule has 2 saturated heterocycles. The van der Waals surface area contributed by atoms with Crippen molar-refractivity contribution < 1.29 is 9.47 Å². The Labute approximate surface area is 172 Å². The van der Waals surface area contributed by atoms with Crippen LogP contribution in [0, 0.1) is 5.92 Å². The first kappa shape index (κ1) is 21.2. The molecule has 1 aromatic rings. The fourth-order valence-corrected chi connectivity index (χ4v) is 8.79. The van der Waals surface area contributed by atoms with Gasteiger partial charge in [-0.15, -0.1) is 0 Å². The van der Waals surface area contributed by atoms with Crippen molar-refractivity contribution in [1.82, 2.24) is 0 Å². The van der Waals surface area contributed by atoms with Crippen molar-refractivity contribution in [2.75, 3.05) is 36.7 Å². The molecule has 0 radical (unpaired) electrons. The van der Waals surface area contributed by atoms with Crippen molar-refractivity contribution in [1.29, 1.82) is 0 Å². The molecule has 2 aliphatic heterocycles. The lowest BCUT2D eigenvalue weighted by Crippen LogP contribution is -2.12. The van der Waals surface area contributed by atoms with Gasteiger partial charge in [0, 0.05) is 11.1 Å². The normalized spacial score (nSPS) is 18.5. The van der Waals surface area contributed by atoms with E-state index in [2.05, 4.69) is 26.0 Å². The number of methoxy groups -OCH3 is 1. The summed E-state index contributed by atoms with van der Waals surface area (Å²) < 4.78 is 12.2. The number of hydrogen-bond donors (Lipinski definition) is 0. The van der Waals surface area contributed by atoms with Crippen LogP contribution in [0.5, 0.6) is 11.5 Å². The molecular weight excluding hydrogens is 372 g/mol. The Kier molecular flexibility index (Phi) is 8.57. The van der Waals surface area contributed by atoms with Gasteiger partial charge in [-0.3, -0.25) is 0 Å². The number of ether oxygens (including phenoxy) is 2. The molecule has 4 heteroatoms. The van der Waals surface area contributed by atoms with Crippen LogP contribution in [-0.4, -0.2) is 36.7 Å². The molecule has 27 heavy (non-hydrogen) atoms. The quantitative estimate of drug-likeness (QED) is 0.383. The summed E-state index contributed by atoms with van der Waals surface area (Å²) >= 11 is 0. The zero-order valence-electron chi connectivity index (χ0n) is 17.6. The molecular formula is C23H38O2S2+2. The molecule has 0 bridgehead atoms. The van der Waals surface area contributed by atoms with E-state index in [1.54, 1.807) is 0 Å². The molecule has 1 aromatic carbocycles. The molecule has 0 saturated carbocycles. The number of benzene rings is 1. The third kappa shape index (κ3) is 6.52. The van der Waals surface area contributed by atoms with E-state index in [1.165, 1.54) is 77.7 Å². The van der Waals surface area contributed by atoms with Gasteiger partial charge in [0.05, 0.1) is 13.7 Å². The summed E-state index contributed by atoms with van der Waals surface area (Å²) in [6, 6.07) is 4.66. The molecule has 152 valence electrons. The summed E-state index contributed by atoms with van der Waals surface area (Å²) in [6.45, 7) is 5.43. The SMILES string of the molecule is COc1cc(C[S+]2CCCC2)c(OCCCC(C)C)cc1C[S+]1CCCC1. The molecule has 2 heterocycles. The minimum atomic E-state index is 0.542. The minimum absolute atomic E-state index is 0.542. The third-order valence-electron chi connectivity index (χ3n) is 5.60. The Morgan fingerprint density at radius 2 is 1.37 bits per heavy atom. The maximum atomic E-state index is 6.35. The standard InChI is InChI=1S/C23H38O2S2/c1-19(2)9-8-10-25-23-16-20(17-26-11-4-5-12-26)22(24-3)15-21(23)18-27-13-6-7-14-27/h15-16,19H,4-14,17-18H2,1-3H3/q+2. The van der Waals surface area contributed by atoms with Gasteiger partial charge in [0.2, 0.25) is 0 Å². The second-order valence-corrected chi connectivity index (χ2v) is 13.1. The summed E-state index contributed by atoms with van der Waals surface area (Å²) in [6.07, 6.45) is 8.02. The fourth-order valence-electron chi connectivity index (χ4n) is 4.03. The second-order valence-electron chi connectivity index (χ2n) is 8.40. The molecule has 0 amide bonds. The molecule has 0 atom stereocenters. The molecule has 3 rings (SSSR count). The van der Waals surface area contributed by atoms with E-state index >= 15 is 0 Å². The van der Waals surface area contributed by atoms with E-state index in [0.29, 0.717) is 21.8 Å². The molecule has 0 unspecified atom stereocenters. The largest absolute Gasteiger partial charge is 0.496 e. The van der Waals surface area contributed by atoms with Crippen molar-refractivity contribution in [3.05, 3.63) is 23.3 Å². The molecule has 2 fully saturated rings. The fraction of sp³-hybridized carbons (Fsp3) is 0.739. The van der Waals surface area contributed by atoms with E-state index in [1.807, 2.05) is 7.11 Å². The lowest BCUT2D eigenvalue weighted by Gasteiger charge is -2.16. The predicted molar refractivity (Wildman–Crippen MR) is 123 cm³/mol. The monoisotopic (exact) mass is 410 g/mol. The van der Waals surface area contributed by atoms with Gasteiger partial charge in [-0.1, -0.05) is 13.8 Å². The van der Waals surface area contributed by atoms with E-state index in [4.69, 9.17) is 9.47 Å². The van der Waals surface area contributed by atoms with Crippen LogP contribution in [0.4, 0.5) is 0 Å². The smallest absolute Gasteiger partial charge is 0.136 e. The molecule has 0 aromatic heterocycles. The summed E-state index contributed by atoms with van der Waals surface area (Å²) in [5.41, 5.74) is 2.76. The van der Waals surface area contributed by atoms with Crippen molar-refractivity contribution in [3.8, 4) is 11.5 Å². The summed E-state index contributed by atoms with van der Waals surface area (Å²) in [4.78, 5) is 0. The maximum Gasteiger partial charge on any atom is 0.136 e. The van der Waals surface area contributed by atoms with Crippen LogP contribution in [0.15, 0.2) is 12.1 Å². The van der Waals surface area contributed by atoms with Gasteiger partial charge in [0.25, 0.3) is 0 Å². The van der Waals surface area contributed by atoms with Crippen molar-refractivity contribution in [2.24, 2.45) is 5.92 Å². The topological polar surface area (TPSA) is 18.5 Å². The van der Waals surface area contributed by atoms with Crippen LogP contribution in [0.25, 0.3) is 0 Å². The van der Waals surface area contributed by atoms with Gasteiger partial charge < -0.3 is 9.47 Å². The summed E-state index contributed by atoms with van der Waals surface area (Å²) in [7, 11) is 2.92. The first-order valence-electron chi connectivity index (χ1n) is 10.8. The lowest BCUT2D eigenvalue weighted by atomic mass is 10.1. The molecule has 0 aliphatic carbocycles. The van der Waals surface area contributed by atoms with Crippen LogP contribution in [0.3, 0.4) is 0 Å². The Balaban J connectivity index is 1.75. The zero-order valence-corrected chi connectivity index (χ0v) is 19.2. The van der Waals surface area contributed by atoms with E-state index in [9.17, 15) is 0 Å². The Morgan fingerprint density at radius 1 is 0.852 bits per heavy atom. The van der Waals surface area contributed by atoms with Crippen LogP contribution in [0.2, 0.25) is 0 Å². The first-order chi connectivity index (χ1) is 13.2. The molecule has 0 N–H and O–H groups in total. The third-order valence-corrected chi connectivity index (χ3v) is 10.5. The average molecular weight is 411 g/mol. The Bertz CT molecular complexity index is 576. The second kappa shape index (κ2) is 10.9. The van der Waals surface area contributed by atoms with E-state index in [-0.39, 0.29) is 0 Å². The van der Waals surface area contributed by atoms with Crippen LogP contribution in [-0.2, 0) is 33.3 Å². The van der Waals surface area contributed by atoms with Gasteiger partial charge in [-0.05, 0) is 78.4 Å². The van der Waals surface area contributed by atoms with Gasteiger partial charge in [-0.2, -0.15) is 0 Å². The predicted octanol–water partition coefficient (Wildman–Crippen LogP) is 5.33. The van der Waals surface area contributed by atoms with E-state index in [0.717, 1.165) is 30.4 Å². The highest BCUT2D eigenvalue weighted by Crippen LogP contribution is 2.34. The van der Waals surface area contributed by atoms with E-state index < -0.39 is 0 Å². The summed E-state index contributed by atoms with van der Waals surface area (Å²) in [5, 5.41) is 0. The van der Waals surface area contributed by atoms with Crippen molar-refractivity contribution in [2.45, 2.75) is 63.9 Å². The Hall–Kier alpha value is -0.480. The Morgan fingerprint density at radius 3 is 1.89 bits per heavy atom. The number of rotatable bonds is 10. The van der Waals surface area contributed by atoms with Gasteiger partial charge >= 0.3 is 0 Å². The highest BCUT2D eigenvalue weighted by Gasteiger charge is 2.29. The van der Waals surface area contributed by atoms with Crippen molar-refractivity contribution >= 4 is 21.8 Å². The van der Waals surface area contributed by atoms with Crippen LogP contribution >= 0.6 is 0 Å². The van der Waals surface area contributed by atoms with Gasteiger partial charge in [-0.25, -0.2) is 0 Å². The maximum absolute atomic E-state index is 6.35. The van der Waals surface area contributed by atoms with Gasteiger partial charge in [0.15, 0.2) is 0 Å². The molecule has 2 nitrogen and oxygen atoms in total. The molecule has 2 aliphatic rings.